The van der Waals surface area contributed by atoms with Gasteiger partial charge in [-0.3, -0.25) is 0 Å². The lowest BCUT2D eigenvalue weighted by Gasteiger charge is -2.11. The molecule has 0 aliphatic carbocycles. The fourth-order valence-corrected chi connectivity index (χ4v) is 2.98. The molecule has 0 radical (unpaired) electrons. The van der Waals surface area contributed by atoms with Crippen molar-refractivity contribution in [3.63, 3.8) is 0 Å². The van der Waals surface area contributed by atoms with Gasteiger partial charge in [0.05, 0.1) is 6.54 Å². The summed E-state index contributed by atoms with van der Waals surface area (Å²) in [5.74, 6) is 1.23. The Bertz CT molecular complexity index is 642. The van der Waals surface area contributed by atoms with Gasteiger partial charge in [-0.05, 0) is 48.5 Å². The average molecular weight is 322 g/mol. The van der Waals surface area contributed by atoms with Gasteiger partial charge in [0.25, 0.3) is 0 Å². The van der Waals surface area contributed by atoms with E-state index >= 15 is 0 Å². The van der Waals surface area contributed by atoms with Crippen LogP contribution in [-0.4, -0.2) is 24.3 Å². The smallest absolute Gasteiger partial charge is 0.216 e. The van der Waals surface area contributed by atoms with Crippen LogP contribution in [0.5, 0.6) is 0 Å². The fourth-order valence-electron chi connectivity index (χ4n) is 1.98. The Kier molecular flexibility index (Phi) is 4.46. The molecule has 0 amide bonds. The summed E-state index contributed by atoms with van der Waals surface area (Å²) >= 11 is 7.50. The molecule has 1 aliphatic heterocycles. The molecule has 0 saturated carbocycles. The number of halogens is 2. The number of hydrogen-bond acceptors (Lipinski definition) is 3. The van der Waals surface area contributed by atoms with Gasteiger partial charge in [-0.1, -0.05) is 11.6 Å². The molecule has 1 unspecified atom stereocenters. The molecule has 1 heterocycles. The fraction of sp³-hybridized carbons (Fsp3) is 0.188. The molecule has 2 aromatic rings. The third kappa shape index (κ3) is 3.77. The van der Waals surface area contributed by atoms with Crippen LogP contribution in [0.25, 0.3) is 0 Å². The largest absolute Gasteiger partial charge is 0.471 e. The zero-order valence-electron chi connectivity index (χ0n) is 11.1. The zero-order chi connectivity index (χ0) is 14.7. The molecule has 2 nitrogen and oxygen atoms in total. The van der Waals surface area contributed by atoms with E-state index in [2.05, 4.69) is 4.99 Å². The summed E-state index contributed by atoms with van der Waals surface area (Å²) < 4.78 is 18.7. The molecule has 0 saturated heterocycles. The molecule has 2 aromatic carbocycles. The first-order valence-corrected chi connectivity index (χ1v) is 7.92. The van der Waals surface area contributed by atoms with Crippen molar-refractivity contribution in [2.24, 2.45) is 4.99 Å². The van der Waals surface area contributed by atoms with Gasteiger partial charge in [-0.2, -0.15) is 0 Å². The Balaban J connectivity index is 1.54. The molecule has 0 bridgehead atoms. The third-order valence-electron chi connectivity index (χ3n) is 3.06. The van der Waals surface area contributed by atoms with E-state index in [4.69, 9.17) is 16.3 Å². The normalized spacial score (nSPS) is 17.4. The van der Waals surface area contributed by atoms with Crippen molar-refractivity contribution in [1.82, 2.24) is 0 Å². The number of nitrogens with zero attached hydrogens (tertiary/aromatic N) is 1. The van der Waals surface area contributed by atoms with E-state index in [1.165, 1.54) is 12.1 Å². The lowest BCUT2D eigenvalue weighted by Crippen LogP contribution is -2.16. The summed E-state index contributed by atoms with van der Waals surface area (Å²) in [4.78, 5) is 5.45. The minimum Gasteiger partial charge on any atom is -0.471 e. The maximum atomic E-state index is 12.8. The molecule has 21 heavy (non-hydrogen) atoms. The number of thioether (sulfide) groups is 1. The maximum absolute atomic E-state index is 12.8. The highest BCUT2D eigenvalue weighted by Gasteiger charge is 2.21. The summed E-state index contributed by atoms with van der Waals surface area (Å²) in [6.45, 7) is 0.645. The number of aliphatic imine (C=N–C) groups is 1. The second-order valence-corrected chi connectivity index (χ2v) is 6.19. The Hall–Kier alpha value is -1.52. The zero-order valence-corrected chi connectivity index (χ0v) is 12.7. The summed E-state index contributed by atoms with van der Waals surface area (Å²) in [6, 6.07) is 13.9. The lowest BCUT2D eigenvalue weighted by molar-refractivity contribution is 0.251. The van der Waals surface area contributed by atoms with Gasteiger partial charge in [0.2, 0.25) is 5.90 Å². The van der Waals surface area contributed by atoms with Crippen LogP contribution in [0.3, 0.4) is 0 Å². The van der Waals surface area contributed by atoms with Crippen LogP contribution in [0.1, 0.15) is 5.56 Å². The summed E-state index contributed by atoms with van der Waals surface area (Å²) in [7, 11) is 0. The van der Waals surface area contributed by atoms with Gasteiger partial charge in [0.1, 0.15) is 11.9 Å². The summed E-state index contributed by atoms with van der Waals surface area (Å²) in [5, 5.41) is 0.695. The van der Waals surface area contributed by atoms with Crippen molar-refractivity contribution < 1.29 is 9.13 Å². The maximum Gasteiger partial charge on any atom is 0.216 e. The molecule has 0 fully saturated rings. The molecule has 5 heteroatoms. The van der Waals surface area contributed by atoms with Crippen molar-refractivity contribution in [1.29, 1.82) is 0 Å². The van der Waals surface area contributed by atoms with E-state index in [0.29, 0.717) is 17.5 Å². The van der Waals surface area contributed by atoms with Crippen LogP contribution in [0.4, 0.5) is 4.39 Å². The van der Waals surface area contributed by atoms with E-state index in [-0.39, 0.29) is 11.9 Å². The molecule has 0 spiro atoms. The second-order valence-electron chi connectivity index (χ2n) is 4.66. The van der Waals surface area contributed by atoms with Gasteiger partial charge >= 0.3 is 0 Å². The highest BCUT2D eigenvalue weighted by molar-refractivity contribution is 7.99. The Morgan fingerprint density at radius 3 is 2.57 bits per heavy atom. The number of rotatable bonds is 4. The van der Waals surface area contributed by atoms with Gasteiger partial charge in [0.15, 0.2) is 0 Å². The molecule has 1 atom stereocenters. The van der Waals surface area contributed by atoms with Crippen LogP contribution >= 0.6 is 23.4 Å². The van der Waals surface area contributed by atoms with E-state index < -0.39 is 0 Å². The second kappa shape index (κ2) is 6.50. The molecule has 108 valence electrons. The van der Waals surface area contributed by atoms with Crippen molar-refractivity contribution in [2.45, 2.75) is 11.0 Å². The number of hydrogen-bond donors (Lipinski definition) is 0. The van der Waals surface area contributed by atoms with Crippen LogP contribution in [0.2, 0.25) is 5.02 Å². The minimum absolute atomic E-state index is 0.0470. The van der Waals surface area contributed by atoms with Crippen molar-refractivity contribution in [3.05, 3.63) is 64.9 Å². The Morgan fingerprint density at radius 1 is 1.14 bits per heavy atom. The Labute approximate surface area is 132 Å². The van der Waals surface area contributed by atoms with Gasteiger partial charge < -0.3 is 4.74 Å². The standard InChI is InChI=1S/C16H13ClFNOS/c17-12-3-1-11(2-4-12)16-19-9-14(20-16)10-21-15-7-5-13(18)6-8-15/h1-8,14H,9-10H2. The Morgan fingerprint density at radius 2 is 1.86 bits per heavy atom. The van der Waals surface area contributed by atoms with Crippen molar-refractivity contribution >= 4 is 29.3 Å². The van der Waals surface area contributed by atoms with Crippen molar-refractivity contribution in [3.8, 4) is 0 Å². The molecule has 3 rings (SSSR count). The highest BCUT2D eigenvalue weighted by atomic mass is 35.5. The predicted molar refractivity (Wildman–Crippen MR) is 84.9 cm³/mol. The number of benzene rings is 2. The first-order chi connectivity index (χ1) is 10.2. The van der Waals surface area contributed by atoms with E-state index in [1.54, 1.807) is 23.9 Å². The topological polar surface area (TPSA) is 21.6 Å². The lowest BCUT2D eigenvalue weighted by atomic mass is 10.2. The molecule has 1 aliphatic rings. The highest BCUT2D eigenvalue weighted by Crippen LogP contribution is 2.23. The van der Waals surface area contributed by atoms with Crippen molar-refractivity contribution in [2.75, 3.05) is 12.3 Å². The first-order valence-electron chi connectivity index (χ1n) is 6.56. The SMILES string of the molecule is Fc1ccc(SCC2CN=C(c3ccc(Cl)cc3)O2)cc1. The predicted octanol–water partition coefficient (Wildman–Crippen LogP) is 4.42. The van der Waals surface area contributed by atoms with Gasteiger partial charge in [-0.15, -0.1) is 11.8 Å². The van der Waals surface area contributed by atoms with E-state index in [9.17, 15) is 4.39 Å². The third-order valence-corrected chi connectivity index (χ3v) is 4.45. The molecule has 0 N–H and O–H groups in total. The molecule has 0 aromatic heterocycles. The van der Waals surface area contributed by atoms with Gasteiger partial charge in [-0.25, -0.2) is 9.38 Å². The van der Waals surface area contributed by atoms with Crippen LogP contribution in [-0.2, 0) is 4.74 Å². The summed E-state index contributed by atoms with van der Waals surface area (Å²) in [5.41, 5.74) is 0.939. The minimum atomic E-state index is -0.218. The van der Waals surface area contributed by atoms with Gasteiger partial charge in [0, 0.05) is 21.2 Å². The van der Waals surface area contributed by atoms with Crippen LogP contribution in [0.15, 0.2) is 58.4 Å². The van der Waals surface area contributed by atoms with E-state index in [1.807, 2.05) is 24.3 Å². The number of ether oxygens (including phenoxy) is 1. The monoisotopic (exact) mass is 321 g/mol. The molecular formula is C16H13ClFNOS. The van der Waals surface area contributed by atoms with Crippen LogP contribution < -0.4 is 0 Å². The van der Waals surface area contributed by atoms with E-state index in [0.717, 1.165) is 16.2 Å². The molecular weight excluding hydrogens is 309 g/mol. The van der Waals surface area contributed by atoms with Crippen LogP contribution in [0, 0.1) is 5.82 Å². The quantitative estimate of drug-likeness (QED) is 0.778. The summed E-state index contributed by atoms with van der Waals surface area (Å²) in [6.07, 6.45) is 0.0470. The first kappa shape index (κ1) is 14.4. The average Bonchev–Trinajstić information content (AvgIpc) is 2.96.